The van der Waals surface area contributed by atoms with Crippen molar-refractivity contribution in [1.82, 2.24) is 10.3 Å². The summed E-state index contributed by atoms with van der Waals surface area (Å²) in [6.45, 7) is 2.70. The number of rotatable bonds is 6. The molecular weight excluding hydrogens is 540 g/mol. The molecule has 2 aliphatic heterocycles. The van der Waals surface area contributed by atoms with Crippen LogP contribution in [0.2, 0.25) is 0 Å². The number of alkyl halides is 2. The highest BCUT2D eigenvalue weighted by Crippen LogP contribution is 2.33. The maximum absolute atomic E-state index is 13.7. The number of amides is 1. The summed E-state index contributed by atoms with van der Waals surface area (Å²) in [6, 6.07) is 16.0. The molecule has 0 aliphatic carbocycles. The fourth-order valence-electron chi connectivity index (χ4n) is 4.31. The molecule has 2 aliphatic rings. The number of fused-ring (bicyclic) bond motifs is 1. The second-order valence-corrected chi connectivity index (χ2v) is 10.4. The number of aromatic nitrogens is 1. The summed E-state index contributed by atoms with van der Waals surface area (Å²) in [5, 5.41) is 23.0. The Morgan fingerprint density at radius 3 is 2.60 bits per heavy atom. The van der Waals surface area contributed by atoms with Crippen LogP contribution in [-0.2, 0) is 20.7 Å². The van der Waals surface area contributed by atoms with Gasteiger partial charge >= 0.3 is 0 Å². The van der Waals surface area contributed by atoms with Crippen molar-refractivity contribution in [3.05, 3.63) is 76.4 Å². The van der Waals surface area contributed by atoms with E-state index in [0.717, 1.165) is 23.8 Å². The molecule has 208 valence electrons. The minimum atomic E-state index is -2.98. The molecule has 1 amide bonds. The van der Waals surface area contributed by atoms with Crippen LogP contribution < -0.4 is 15.5 Å². The first-order valence-corrected chi connectivity index (χ1v) is 13.4. The zero-order valence-corrected chi connectivity index (χ0v) is 22.4. The third-order valence-corrected chi connectivity index (χ3v) is 7.21. The van der Waals surface area contributed by atoms with E-state index in [2.05, 4.69) is 20.6 Å². The topological polar surface area (TPSA) is 136 Å². The quantitative estimate of drug-likeness (QED) is 0.264. The maximum atomic E-state index is 13.7. The van der Waals surface area contributed by atoms with Gasteiger partial charge in [0.15, 0.2) is 5.69 Å². The van der Waals surface area contributed by atoms with Crippen LogP contribution >= 0.6 is 11.3 Å². The molecule has 3 aromatic rings. The Balaban J connectivity index is 1.38. The molecule has 4 N–H and O–H groups in total. The van der Waals surface area contributed by atoms with Gasteiger partial charge in [-0.15, -0.1) is 11.3 Å². The van der Waals surface area contributed by atoms with E-state index in [-0.39, 0.29) is 10.7 Å². The van der Waals surface area contributed by atoms with Crippen LogP contribution in [0.3, 0.4) is 0 Å². The number of hydrogen-bond acceptors (Lipinski definition) is 9. The van der Waals surface area contributed by atoms with Gasteiger partial charge in [-0.25, -0.2) is 18.8 Å². The van der Waals surface area contributed by atoms with E-state index in [0.29, 0.717) is 48.3 Å². The van der Waals surface area contributed by atoms with Crippen LogP contribution in [0.25, 0.3) is 0 Å². The molecule has 1 fully saturated rings. The number of carbonyl (C=O) groups is 1. The number of carbonyl (C=O) groups excluding carboxylic acids is 1. The second-order valence-electron chi connectivity index (χ2n) is 9.29. The number of ether oxygens (including phenoxy) is 2. The highest BCUT2D eigenvalue weighted by Gasteiger charge is 2.30. The normalized spacial score (nSPS) is 17.3. The third kappa shape index (κ3) is 6.32. The number of amidine groups is 1. The number of anilines is 2. The van der Waals surface area contributed by atoms with Crippen LogP contribution in [0, 0.1) is 10.8 Å². The fraction of sp³-hybridized carbons (Fsp3) is 0.296. The average Bonchev–Trinajstić information content (AvgIpc) is 3.28. The van der Waals surface area contributed by atoms with Gasteiger partial charge in [0, 0.05) is 24.2 Å². The van der Waals surface area contributed by atoms with Gasteiger partial charge in [0.05, 0.1) is 31.0 Å². The number of morpholine rings is 1. The summed E-state index contributed by atoms with van der Waals surface area (Å²) < 4.78 is 38.3. The minimum absolute atomic E-state index is 0.0453. The largest absolute Gasteiger partial charge is 0.405 e. The Bertz CT molecular complexity index is 1450. The smallest absolute Gasteiger partial charge is 0.290 e. The molecule has 40 heavy (non-hydrogen) atoms. The Kier molecular flexibility index (Phi) is 7.85. The molecule has 0 spiro atoms. The molecule has 2 aromatic carbocycles. The number of nitrogens with one attached hydrogen (secondary N) is 4. The van der Waals surface area contributed by atoms with E-state index >= 15 is 0 Å². The molecule has 0 saturated carbocycles. The summed E-state index contributed by atoms with van der Waals surface area (Å²) in [4.78, 5) is 23.8. The van der Waals surface area contributed by atoms with Gasteiger partial charge in [0.2, 0.25) is 12.1 Å². The number of thiazole rings is 1. The summed E-state index contributed by atoms with van der Waals surface area (Å²) >= 11 is 1.06. The van der Waals surface area contributed by atoms with Crippen molar-refractivity contribution in [2.45, 2.75) is 25.4 Å². The van der Waals surface area contributed by atoms with Gasteiger partial charge in [0.25, 0.3) is 17.9 Å². The number of para-hydroxylation sites is 1. The van der Waals surface area contributed by atoms with Crippen molar-refractivity contribution in [3.63, 3.8) is 0 Å². The van der Waals surface area contributed by atoms with Gasteiger partial charge in [0.1, 0.15) is 10.0 Å². The van der Waals surface area contributed by atoms with Crippen molar-refractivity contribution < 1.29 is 23.0 Å². The predicted octanol–water partition coefficient (Wildman–Crippen LogP) is 3.86. The Labute approximate surface area is 233 Å². The standard InChI is InChI=1S/C27H27F2N7O3S/c1-27(28,29)15-19-33-21(25(40-19)36-11-13-38-14-12-36)22(30)39-26(31)35-23-24(37)32-18-10-6-5-9-17(18)20(34-23)16-7-3-2-4-8-16/h2-10,23,30H,11-15H2,1H3,(H2,31,35)(H,32,37). The van der Waals surface area contributed by atoms with E-state index in [1.54, 1.807) is 12.1 Å². The fourth-order valence-corrected chi connectivity index (χ4v) is 5.54. The molecule has 3 heterocycles. The number of halogens is 2. The van der Waals surface area contributed by atoms with Crippen LogP contribution in [0.5, 0.6) is 0 Å². The molecule has 1 unspecified atom stereocenters. The van der Waals surface area contributed by atoms with Crippen molar-refractivity contribution in [1.29, 1.82) is 10.8 Å². The summed E-state index contributed by atoms with van der Waals surface area (Å²) in [5.74, 6) is -4.01. The van der Waals surface area contributed by atoms with Crippen molar-refractivity contribution in [3.8, 4) is 0 Å². The zero-order valence-electron chi connectivity index (χ0n) is 21.5. The lowest BCUT2D eigenvalue weighted by atomic mass is 10.0. The van der Waals surface area contributed by atoms with E-state index in [1.165, 1.54) is 0 Å². The minimum Gasteiger partial charge on any atom is -0.405 e. The van der Waals surface area contributed by atoms with E-state index < -0.39 is 36.3 Å². The van der Waals surface area contributed by atoms with Crippen LogP contribution in [0.4, 0.5) is 19.5 Å². The first kappa shape index (κ1) is 27.3. The molecule has 0 bridgehead atoms. The molecule has 1 aromatic heterocycles. The molecule has 5 rings (SSSR count). The summed E-state index contributed by atoms with van der Waals surface area (Å²) in [6.07, 6.45) is -1.83. The number of aliphatic imine (C=N–C) groups is 1. The monoisotopic (exact) mass is 567 g/mol. The summed E-state index contributed by atoms with van der Waals surface area (Å²) in [7, 11) is 0. The first-order chi connectivity index (χ1) is 19.2. The number of benzene rings is 2. The lowest BCUT2D eigenvalue weighted by Gasteiger charge is -2.27. The average molecular weight is 568 g/mol. The van der Waals surface area contributed by atoms with Crippen LogP contribution in [-0.4, -0.2) is 66.9 Å². The Morgan fingerprint density at radius 1 is 1.18 bits per heavy atom. The Morgan fingerprint density at radius 2 is 1.88 bits per heavy atom. The molecular formula is C27H27F2N7O3S. The maximum Gasteiger partial charge on any atom is 0.290 e. The van der Waals surface area contributed by atoms with E-state index in [9.17, 15) is 13.6 Å². The van der Waals surface area contributed by atoms with Gasteiger partial charge in [-0.2, -0.15) is 0 Å². The number of hydrogen-bond donors (Lipinski definition) is 4. The second kappa shape index (κ2) is 11.5. The zero-order chi connectivity index (χ0) is 28.3. The van der Waals surface area contributed by atoms with E-state index in [1.807, 2.05) is 47.4 Å². The molecule has 10 nitrogen and oxygen atoms in total. The van der Waals surface area contributed by atoms with Gasteiger partial charge in [-0.05, 0) is 13.0 Å². The van der Waals surface area contributed by atoms with Crippen molar-refractivity contribution >= 4 is 45.6 Å². The van der Waals surface area contributed by atoms with Gasteiger partial charge in [-0.1, -0.05) is 48.5 Å². The molecule has 13 heteroatoms. The molecule has 0 radical (unpaired) electrons. The summed E-state index contributed by atoms with van der Waals surface area (Å²) in [5.41, 5.74) is 2.64. The number of benzodiazepines with no additional fused rings is 1. The highest BCUT2D eigenvalue weighted by atomic mass is 32.1. The van der Waals surface area contributed by atoms with Crippen LogP contribution in [0.15, 0.2) is 59.6 Å². The third-order valence-electron chi connectivity index (χ3n) is 6.09. The van der Waals surface area contributed by atoms with Crippen molar-refractivity contribution in [2.24, 2.45) is 4.99 Å². The van der Waals surface area contributed by atoms with Crippen molar-refractivity contribution in [2.75, 3.05) is 36.5 Å². The predicted molar refractivity (Wildman–Crippen MR) is 149 cm³/mol. The first-order valence-electron chi connectivity index (χ1n) is 12.5. The van der Waals surface area contributed by atoms with E-state index in [4.69, 9.17) is 20.3 Å². The highest BCUT2D eigenvalue weighted by molar-refractivity contribution is 7.16. The lowest BCUT2D eigenvalue weighted by molar-refractivity contribution is -0.117. The SMILES string of the molecule is CC(F)(F)Cc1nc(C(=N)OC(=N)NC2N=C(c3ccccc3)c3ccccc3NC2=O)c(N2CCOCC2)s1. The Hall–Kier alpha value is -4.23. The molecule has 1 atom stereocenters. The number of nitrogens with zero attached hydrogens (tertiary/aromatic N) is 3. The van der Waals surface area contributed by atoms with Gasteiger partial charge in [-0.3, -0.25) is 15.6 Å². The van der Waals surface area contributed by atoms with Gasteiger partial charge < -0.3 is 25.0 Å². The van der Waals surface area contributed by atoms with Crippen LogP contribution in [0.1, 0.15) is 28.8 Å². The lowest BCUT2D eigenvalue weighted by Crippen LogP contribution is -2.43. The molecule has 1 saturated heterocycles.